The Hall–Kier alpha value is -1.13. The van der Waals surface area contributed by atoms with Gasteiger partial charge in [0.25, 0.3) is 0 Å². The van der Waals surface area contributed by atoms with Gasteiger partial charge in [0.2, 0.25) is 5.16 Å². The monoisotopic (exact) mass is 240 g/mol. The van der Waals surface area contributed by atoms with Crippen molar-refractivity contribution in [3.63, 3.8) is 0 Å². The van der Waals surface area contributed by atoms with Gasteiger partial charge in [0.1, 0.15) is 5.54 Å². The molecule has 0 saturated heterocycles. The minimum atomic E-state index is -0.465. The molecular weight excluding hydrogens is 224 g/mol. The lowest BCUT2D eigenvalue weighted by Gasteiger charge is -2.21. The van der Waals surface area contributed by atoms with E-state index in [-0.39, 0.29) is 0 Å². The Kier molecular flexibility index (Phi) is 4.71. The van der Waals surface area contributed by atoms with Crippen LogP contribution >= 0.6 is 11.8 Å². The van der Waals surface area contributed by atoms with Crippen molar-refractivity contribution in [1.82, 2.24) is 25.5 Å². The summed E-state index contributed by atoms with van der Waals surface area (Å²) in [4.78, 5) is 0. The van der Waals surface area contributed by atoms with E-state index in [9.17, 15) is 0 Å². The average Bonchev–Trinajstić information content (AvgIpc) is 2.65. The molecule has 6 nitrogen and oxygen atoms in total. The number of tetrazole rings is 1. The van der Waals surface area contributed by atoms with Crippen molar-refractivity contribution in [3.8, 4) is 6.07 Å². The summed E-state index contributed by atoms with van der Waals surface area (Å²) in [6.07, 6.45) is 0.759. The summed E-state index contributed by atoms with van der Waals surface area (Å²) < 4.78 is 1.63. The Bertz CT molecular complexity index is 370. The maximum atomic E-state index is 9.06. The van der Waals surface area contributed by atoms with Gasteiger partial charge in [0, 0.05) is 12.8 Å². The highest BCUT2D eigenvalue weighted by molar-refractivity contribution is 7.99. The first kappa shape index (κ1) is 12.9. The van der Waals surface area contributed by atoms with Crippen LogP contribution in [0.15, 0.2) is 5.16 Å². The zero-order valence-corrected chi connectivity index (χ0v) is 10.6. The second kappa shape index (κ2) is 5.82. The Labute approximate surface area is 99.4 Å². The van der Waals surface area contributed by atoms with E-state index in [1.807, 2.05) is 13.8 Å². The van der Waals surface area contributed by atoms with Crippen LogP contribution in [0.25, 0.3) is 0 Å². The van der Waals surface area contributed by atoms with Gasteiger partial charge in [-0.05, 0) is 30.3 Å². The molecule has 7 heteroatoms. The van der Waals surface area contributed by atoms with Crippen LogP contribution in [0, 0.1) is 11.3 Å². The van der Waals surface area contributed by atoms with E-state index in [2.05, 4.69) is 26.9 Å². The summed E-state index contributed by atoms with van der Waals surface area (Å²) >= 11 is 1.56. The highest BCUT2D eigenvalue weighted by Crippen LogP contribution is 2.18. The van der Waals surface area contributed by atoms with Crippen molar-refractivity contribution in [2.75, 3.05) is 12.3 Å². The minimum Gasteiger partial charge on any atom is -0.300 e. The lowest BCUT2D eigenvalue weighted by atomic mass is 10.0. The Balaban J connectivity index is 2.40. The van der Waals surface area contributed by atoms with Gasteiger partial charge in [-0.3, -0.25) is 5.32 Å². The van der Waals surface area contributed by atoms with Gasteiger partial charge < -0.3 is 0 Å². The molecule has 0 bridgehead atoms. The van der Waals surface area contributed by atoms with Crippen LogP contribution in [0.5, 0.6) is 0 Å². The number of rotatable bonds is 6. The number of thioether (sulfide) groups is 1. The van der Waals surface area contributed by atoms with E-state index in [0.717, 1.165) is 23.9 Å². The first-order chi connectivity index (χ1) is 7.61. The largest absolute Gasteiger partial charge is 0.300 e. The molecule has 0 aromatic carbocycles. The van der Waals surface area contributed by atoms with Crippen molar-refractivity contribution < 1.29 is 0 Å². The van der Waals surface area contributed by atoms with Crippen LogP contribution in [0.3, 0.4) is 0 Å². The Morgan fingerprint density at radius 3 is 2.88 bits per heavy atom. The number of hydrogen-bond acceptors (Lipinski definition) is 6. The number of aromatic nitrogens is 4. The van der Waals surface area contributed by atoms with Gasteiger partial charge >= 0.3 is 0 Å². The molecule has 1 N–H and O–H groups in total. The van der Waals surface area contributed by atoms with E-state index >= 15 is 0 Å². The molecule has 0 aliphatic heterocycles. The molecule has 1 unspecified atom stereocenters. The highest BCUT2D eigenvalue weighted by atomic mass is 32.2. The molecule has 0 fully saturated rings. The van der Waals surface area contributed by atoms with E-state index < -0.39 is 5.54 Å². The van der Waals surface area contributed by atoms with Crippen molar-refractivity contribution in [3.05, 3.63) is 0 Å². The third kappa shape index (κ3) is 3.47. The van der Waals surface area contributed by atoms with E-state index in [4.69, 9.17) is 5.26 Å². The summed E-state index contributed by atoms with van der Waals surface area (Å²) in [6.45, 7) is 4.70. The number of nitriles is 1. The smallest absolute Gasteiger partial charge is 0.209 e. The first-order valence-corrected chi connectivity index (χ1v) is 6.11. The lowest BCUT2D eigenvalue weighted by Crippen LogP contribution is -2.41. The van der Waals surface area contributed by atoms with Crippen molar-refractivity contribution in [2.45, 2.75) is 31.0 Å². The van der Waals surface area contributed by atoms with Crippen molar-refractivity contribution in [1.29, 1.82) is 5.26 Å². The van der Waals surface area contributed by atoms with Gasteiger partial charge in [-0.1, -0.05) is 18.7 Å². The molecule has 1 rings (SSSR count). The minimum absolute atomic E-state index is 0.465. The fourth-order valence-electron chi connectivity index (χ4n) is 1.26. The number of aryl methyl sites for hydroxylation is 1. The average molecular weight is 240 g/mol. The maximum Gasteiger partial charge on any atom is 0.209 e. The summed E-state index contributed by atoms with van der Waals surface area (Å²) in [5.74, 6) is 0.811. The predicted molar refractivity (Wildman–Crippen MR) is 61.8 cm³/mol. The van der Waals surface area contributed by atoms with Gasteiger partial charge in [-0.15, -0.1) is 5.10 Å². The molecule has 0 radical (unpaired) electrons. The maximum absolute atomic E-state index is 9.06. The summed E-state index contributed by atoms with van der Waals surface area (Å²) in [7, 11) is 1.80. The SMILES string of the molecule is CCNC(C)(C#N)CCSc1nnnn1C. The summed E-state index contributed by atoms with van der Waals surface area (Å²) in [5.41, 5.74) is -0.465. The third-order valence-corrected chi connectivity index (χ3v) is 3.24. The molecule has 1 aromatic rings. The zero-order chi connectivity index (χ0) is 12.0. The van der Waals surface area contributed by atoms with Crippen LogP contribution in [0.1, 0.15) is 20.3 Å². The number of nitrogens with one attached hydrogen (secondary N) is 1. The Morgan fingerprint density at radius 2 is 2.38 bits per heavy atom. The quantitative estimate of drug-likeness (QED) is 0.733. The van der Waals surface area contributed by atoms with Crippen molar-refractivity contribution in [2.24, 2.45) is 7.05 Å². The molecule has 1 atom stereocenters. The lowest BCUT2D eigenvalue weighted by molar-refractivity contribution is 0.450. The van der Waals surface area contributed by atoms with Gasteiger partial charge in [0.15, 0.2) is 0 Å². The highest BCUT2D eigenvalue weighted by Gasteiger charge is 2.22. The van der Waals surface area contributed by atoms with E-state index in [0.29, 0.717) is 0 Å². The molecule has 0 aliphatic rings. The Morgan fingerprint density at radius 1 is 1.62 bits per heavy atom. The van der Waals surface area contributed by atoms with Crippen LogP contribution in [0.2, 0.25) is 0 Å². The van der Waals surface area contributed by atoms with Crippen LogP contribution in [-0.2, 0) is 7.05 Å². The third-order valence-electron chi connectivity index (χ3n) is 2.23. The predicted octanol–water partition coefficient (Wildman–Crippen LogP) is 0.584. The molecule has 0 spiro atoms. The fraction of sp³-hybridized carbons (Fsp3) is 0.778. The van der Waals surface area contributed by atoms with Crippen LogP contribution in [0.4, 0.5) is 0 Å². The molecule has 1 heterocycles. The molecule has 0 saturated carbocycles. The number of nitrogens with zero attached hydrogens (tertiary/aromatic N) is 5. The standard InChI is InChI=1S/C9H16N6S/c1-4-11-9(2,7-10)5-6-16-8-12-13-14-15(8)3/h11H,4-6H2,1-3H3. The van der Waals surface area contributed by atoms with Gasteiger partial charge in [-0.25, -0.2) is 4.68 Å². The zero-order valence-electron chi connectivity index (χ0n) is 9.77. The van der Waals surface area contributed by atoms with Crippen LogP contribution < -0.4 is 5.32 Å². The van der Waals surface area contributed by atoms with Gasteiger partial charge in [-0.2, -0.15) is 5.26 Å². The second-order valence-electron chi connectivity index (χ2n) is 3.66. The van der Waals surface area contributed by atoms with E-state index in [1.54, 1.807) is 23.5 Å². The normalized spacial score (nSPS) is 14.4. The van der Waals surface area contributed by atoms with E-state index in [1.165, 1.54) is 0 Å². The number of hydrogen-bond donors (Lipinski definition) is 1. The summed E-state index contributed by atoms with van der Waals surface area (Å²) in [6, 6.07) is 2.29. The molecule has 0 amide bonds. The van der Waals surface area contributed by atoms with Crippen LogP contribution in [-0.4, -0.2) is 38.0 Å². The fourth-order valence-corrected chi connectivity index (χ4v) is 2.27. The molecule has 0 aliphatic carbocycles. The molecule has 16 heavy (non-hydrogen) atoms. The second-order valence-corrected chi connectivity index (χ2v) is 4.72. The molecular formula is C9H16N6S. The van der Waals surface area contributed by atoms with Crippen molar-refractivity contribution >= 4 is 11.8 Å². The molecule has 1 aromatic heterocycles. The summed E-state index contributed by atoms with van der Waals surface area (Å²) in [5, 5.41) is 24.2. The first-order valence-electron chi connectivity index (χ1n) is 5.13. The molecule has 88 valence electrons. The van der Waals surface area contributed by atoms with Gasteiger partial charge in [0.05, 0.1) is 6.07 Å². The topological polar surface area (TPSA) is 79.4 Å².